The average molecular weight is 255 g/mol. The molecular weight excluding hydrogens is 234 g/mol. The van der Waals surface area contributed by atoms with E-state index < -0.39 is 9.84 Å². The smallest absolute Gasteiger partial charge is 0.180 e. The van der Waals surface area contributed by atoms with Crippen molar-refractivity contribution in [2.75, 3.05) is 0 Å². The van der Waals surface area contributed by atoms with Crippen molar-refractivity contribution >= 4 is 9.84 Å². The van der Waals surface area contributed by atoms with E-state index in [9.17, 15) is 8.42 Å². The van der Waals surface area contributed by atoms with Gasteiger partial charge in [0.1, 0.15) is 0 Å². The lowest BCUT2D eigenvalue weighted by Gasteiger charge is -2.09. The van der Waals surface area contributed by atoms with Crippen LogP contribution in [0.25, 0.3) is 0 Å². The van der Waals surface area contributed by atoms with Crippen LogP contribution < -0.4 is 5.73 Å². The largest absolute Gasteiger partial charge is 0.328 e. The molecule has 1 unspecified atom stereocenters. The van der Waals surface area contributed by atoms with Crippen LogP contribution in [0.15, 0.2) is 29.2 Å². The lowest BCUT2D eigenvalue weighted by molar-refractivity contribution is 0.587. The number of hydrogen-bond acceptors (Lipinski definition) is 3. The molecule has 1 aromatic carbocycles. The quantitative estimate of drug-likeness (QED) is 0.877. The van der Waals surface area contributed by atoms with Crippen LogP contribution in [0.2, 0.25) is 0 Å². The Kier molecular flexibility index (Phi) is 4.71. The number of benzene rings is 1. The van der Waals surface area contributed by atoms with Crippen LogP contribution in [-0.4, -0.2) is 19.7 Å². The van der Waals surface area contributed by atoms with E-state index in [4.69, 9.17) is 5.73 Å². The second kappa shape index (κ2) is 5.65. The van der Waals surface area contributed by atoms with Crippen LogP contribution >= 0.6 is 0 Å². The van der Waals surface area contributed by atoms with Gasteiger partial charge in [-0.15, -0.1) is 0 Å². The molecule has 0 aliphatic rings. The summed E-state index contributed by atoms with van der Waals surface area (Å²) in [5.41, 5.74) is 6.81. The van der Waals surface area contributed by atoms with Gasteiger partial charge in [0.15, 0.2) is 9.84 Å². The number of hydrogen-bond donors (Lipinski definition) is 1. The van der Waals surface area contributed by atoms with Crippen molar-refractivity contribution < 1.29 is 8.42 Å². The summed E-state index contributed by atoms with van der Waals surface area (Å²) in [4.78, 5) is 0.400. The Balaban J connectivity index is 2.82. The Morgan fingerprint density at radius 1 is 1.12 bits per heavy atom. The van der Waals surface area contributed by atoms with Gasteiger partial charge in [-0.1, -0.05) is 12.1 Å². The molecule has 2 N–H and O–H groups in total. The summed E-state index contributed by atoms with van der Waals surface area (Å²) < 4.78 is 23.8. The molecule has 0 aromatic heterocycles. The van der Waals surface area contributed by atoms with Gasteiger partial charge >= 0.3 is 0 Å². The molecular formula is C13H21NO2S. The minimum Gasteiger partial charge on any atom is -0.328 e. The van der Waals surface area contributed by atoms with E-state index in [2.05, 4.69) is 0 Å². The van der Waals surface area contributed by atoms with Gasteiger partial charge in [-0.3, -0.25) is 0 Å². The van der Waals surface area contributed by atoms with Crippen LogP contribution in [0, 0.1) is 0 Å². The first-order valence-corrected chi connectivity index (χ1v) is 7.47. The Labute approximate surface area is 104 Å². The molecule has 0 heterocycles. The lowest BCUT2D eigenvalue weighted by Crippen LogP contribution is -2.15. The average Bonchev–Trinajstić information content (AvgIpc) is 2.26. The van der Waals surface area contributed by atoms with E-state index in [-0.39, 0.29) is 11.3 Å². The highest BCUT2D eigenvalue weighted by Gasteiger charge is 2.18. The Hall–Kier alpha value is -0.870. The van der Waals surface area contributed by atoms with Gasteiger partial charge in [-0.25, -0.2) is 8.42 Å². The predicted molar refractivity (Wildman–Crippen MR) is 70.7 cm³/mol. The molecule has 0 aliphatic heterocycles. The molecule has 0 bridgehead atoms. The minimum atomic E-state index is -3.15. The topological polar surface area (TPSA) is 60.2 Å². The summed E-state index contributed by atoms with van der Waals surface area (Å²) >= 11 is 0. The fourth-order valence-corrected chi connectivity index (χ4v) is 2.57. The van der Waals surface area contributed by atoms with E-state index in [1.807, 2.05) is 19.1 Å². The normalized spacial score (nSPS) is 13.9. The molecule has 3 nitrogen and oxygen atoms in total. The standard InChI is InChI=1S/C13H21NO2S/c1-10(2)17(15,16)13-8-6-12(7-9-13)5-4-11(3)14/h6-11H,4-5,14H2,1-3H3. The monoisotopic (exact) mass is 255 g/mol. The van der Waals surface area contributed by atoms with E-state index in [0.717, 1.165) is 18.4 Å². The SMILES string of the molecule is CC(N)CCc1ccc(S(=O)(=O)C(C)C)cc1. The molecule has 0 saturated heterocycles. The number of nitrogens with two attached hydrogens (primary N) is 1. The zero-order valence-electron chi connectivity index (χ0n) is 10.7. The van der Waals surface area contributed by atoms with E-state index >= 15 is 0 Å². The third-order valence-corrected chi connectivity index (χ3v) is 4.93. The summed E-state index contributed by atoms with van der Waals surface area (Å²) in [6.07, 6.45) is 1.80. The molecule has 0 saturated carbocycles. The van der Waals surface area contributed by atoms with Crippen LogP contribution in [0.4, 0.5) is 0 Å². The molecule has 1 rings (SSSR count). The van der Waals surface area contributed by atoms with Gasteiger partial charge in [0.05, 0.1) is 10.1 Å². The predicted octanol–water partition coefficient (Wildman–Crippen LogP) is 2.15. The molecule has 1 aromatic rings. The molecule has 4 heteroatoms. The Morgan fingerprint density at radius 2 is 1.65 bits per heavy atom. The highest BCUT2D eigenvalue weighted by Crippen LogP contribution is 2.17. The molecule has 1 atom stereocenters. The maximum atomic E-state index is 11.9. The first-order chi connectivity index (χ1) is 7.84. The summed E-state index contributed by atoms with van der Waals surface area (Å²) in [5.74, 6) is 0. The molecule has 0 amide bonds. The molecule has 0 aliphatic carbocycles. The van der Waals surface area contributed by atoms with Crippen molar-refractivity contribution in [1.29, 1.82) is 0 Å². The fourth-order valence-electron chi connectivity index (χ4n) is 1.51. The van der Waals surface area contributed by atoms with Gasteiger partial charge in [0.25, 0.3) is 0 Å². The first kappa shape index (κ1) is 14.2. The van der Waals surface area contributed by atoms with Crippen molar-refractivity contribution in [3.8, 4) is 0 Å². The van der Waals surface area contributed by atoms with Gasteiger partial charge < -0.3 is 5.73 Å². The summed E-state index contributed by atoms with van der Waals surface area (Å²) in [6.45, 7) is 5.36. The van der Waals surface area contributed by atoms with Gasteiger partial charge in [-0.05, 0) is 51.3 Å². The maximum Gasteiger partial charge on any atom is 0.180 e. The van der Waals surface area contributed by atoms with Crippen LogP contribution in [0.1, 0.15) is 32.8 Å². The number of rotatable bonds is 5. The second-order valence-corrected chi connectivity index (χ2v) is 7.26. The molecule has 0 spiro atoms. The molecule has 0 radical (unpaired) electrons. The van der Waals surface area contributed by atoms with Gasteiger partial charge in [0, 0.05) is 6.04 Å². The van der Waals surface area contributed by atoms with Crippen LogP contribution in [0.3, 0.4) is 0 Å². The van der Waals surface area contributed by atoms with Crippen LogP contribution in [-0.2, 0) is 16.3 Å². The van der Waals surface area contributed by atoms with Gasteiger partial charge in [0.2, 0.25) is 0 Å². The van der Waals surface area contributed by atoms with E-state index in [0.29, 0.717) is 4.90 Å². The van der Waals surface area contributed by atoms with Crippen molar-refractivity contribution in [3.63, 3.8) is 0 Å². The number of sulfone groups is 1. The first-order valence-electron chi connectivity index (χ1n) is 5.92. The van der Waals surface area contributed by atoms with E-state index in [1.165, 1.54) is 0 Å². The second-order valence-electron chi connectivity index (χ2n) is 4.75. The number of aryl methyl sites for hydroxylation is 1. The fraction of sp³-hybridized carbons (Fsp3) is 0.538. The van der Waals surface area contributed by atoms with Crippen molar-refractivity contribution in [3.05, 3.63) is 29.8 Å². The maximum absolute atomic E-state index is 11.9. The van der Waals surface area contributed by atoms with Crippen molar-refractivity contribution in [1.82, 2.24) is 0 Å². The highest BCUT2D eigenvalue weighted by atomic mass is 32.2. The Morgan fingerprint density at radius 3 is 2.06 bits per heavy atom. The molecule has 0 fully saturated rings. The highest BCUT2D eigenvalue weighted by molar-refractivity contribution is 7.92. The Bertz CT molecular complexity index is 447. The summed E-state index contributed by atoms with van der Waals surface area (Å²) in [5, 5.41) is -0.377. The third kappa shape index (κ3) is 3.82. The van der Waals surface area contributed by atoms with Crippen molar-refractivity contribution in [2.45, 2.75) is 49.8 Å². The van der Waals surface area contributed by atoms with E-state index in [1.54, 1.807) is 26.0 Å². The van der Waals surface area contributed by atoms with Gasteiger partial charge in [-0.2, -0.15) is 0 Å². The zero-order valence-corrected chi connectivity index (χ0v) is 11.5. The summed E-state index contributed by atoms with van der Waals surface area (Å²) in [7, 11) is -3.15. The minimum absolute atomic E-state index is 0.175. The van der Waals surface area contributed by atoms with Crippen LogP contribution in [0.5, 0.6) is 0 Å². The third-order valence-electron chi connectivity index (χ3n) is 2.76. The molecule has 96 valence electrons. The lowest BCUT2D eigenvalue weighted by atomic mass is 10.1. The summed E-state index contributed by atoms with van der Waals surface area (Å²) in [6, 6.07) is 7.29. The molecule has 17 heavy (non-hydrogen) atoms. The zero-order chi connectivity index (χ0) is 13.1. The van der Waals surface area contributed by atoms with Crippen molar-refractivity contribution in [2.24, 2.45) is 5.73 Å².